The maximum atomic E-state index is 13.5. The van der Waals surface area contributed by atoms with Crippen LogP contribution in [0.2, 0.25) is 0 Å². The Labute approximate surface area is 209 Å². The molecule has 5 rings (SSSR count). The Morgan fingerprint density at radius 3 is 2.17 bits per heavy atom. The molecule has 0 heterocycles. The molecular formula is C31H29N2OP. The average Bonchev–Trinajstić information content (AvgIpc) is 2.88. The molecule has 3 nitrogen and oxygen atoms in total. The molecule has 0 saturated heterocycles. The number of hydrogen-bond acceptors (Lipinski definition) is 2. The summed E-state index contributed by atoms with van der Waals surface area (Å²) < 4.78 is 0. The van der Waals surface area contributed by atoms with E-state index >= 15 is 0 Å². The summed E-state index contributed by atoms with van der Waals surface area (Å²) in [6.45, 7) is 1.56. The molecule has 1 N–H and O–H groups in total. The van der Waals surface area contributed by atoms with Gasteiger partial charge in [-0.2, -0.15) is 0 Å². The molecule has 4 heteroatoms. The van der Waals surface area contributed by atoms with Crippen LogP contribution in [0.3, 0.4) is 0 Å². The Hall–Kier alpha value is -3.52. The first-order valence-electron chi connectivity index (χ1n) is 11.9. The van der Waals surface area contributed by atoms with E-state index in [-0.39, 0.29) is 11.6 Å². The molecule has 1 amide bonds. The van der Waals surface area contributed by atoms with E-state index < -0.39 is 0 Å². The number of benzene rings is 5. The third kappa shape index (κ3) is 5.27. The van der Waals surface area contributed by atoms with Crippen molar-refractivity contribution in [2.45, 2.75) is 18.7 Å². The van der Waals surface area contributed by atoms with Crippen molar-refractivity contribution in [2.75, 3.05) is 12.4 Å². The highest BCUT2D eigenvalue weighted by Gasteiger charge is 2.19. The van der Waals surface area contributed by atoms with Gasteiger partial charge < -0.3 is 5.32 Å². The molecule has 0 aliphatic heterocycles. The fraction of sp³-hybridized carbons (Fsp3) is 0.129. The second-order valence-electron chi connectivity index (χ2n) is 9.05. The molecule has 0 spiro atoms. The molecule has 2 atom stereocenters. The van der Waals surface area contributed by atoms with Crippen LogP contribution in [-0.4, -0.2) is 17.9 Å². The van der Waals surface area contributed by atoms with E-state index in [4.69, 9.17) is 0 Å². The molecule has 0 bridgehead atoms. The van der Waals surface area contributed by atoms with E-state index in [2.05, 4.69) is 99.3 Å². The van der Waals surface area contributed by atoms with E-state index in [1.54, 1.807) is 0 Å². The highest BCUT2D eigenvalue weighted by atomic mass is 31.0. The van der Waals surface area contributed by atoms with Crippen LogP contribution >= 0.6 is 9.24 Å². The second kappa shape index (κ2) is 10.4. The van der Waals surface area contributed by atoms with Crippen LogP contribution in [-0.2, 0) is 17.9 Å². The third-order valence-electron chi connectivity index (χ3n) is 6.41. The van der Waals surface area contributed by atoms with E-state index in [0.29, 0.717) is 0 Å². The Balaban J connectivity index is 1.43. The summed E-state index contributed by atoms with van der Waals surface area (Å²) in [6, 6.07) is 37.4. The van der Waals surface area contributed by atoms with Crippen molar-refractivity contribution in [2.24, 2.45) is 0 Å². The lowest BCUT2D eigenvalue weighted by molar-refractivity contribution is -0.115. The Kier molecular flexibility index (Phi) is 6.90. The van der Waals surface area contributed by atoms with E-state index in [1.807, 2.05) is 36.4 Å². The third-order valence-corrected chi connectivity index (χ3v) is 7.07. The van der Waals surface area contributed by atoms with Crippen LogP contribution < -0.4 is 5.32 Å². The molecule has 0 saturated carbocycles. The monoisotopic (exact) mass is 476 g/mol. The first-order chi connectivity index (χ1) is 17.1. The van der Waals surface area contributed by atoms with Crippen molar-refractivity contribution in [1.29, 1.82) is 0 Å². The number of nitrogens with zero attached hydrogens (tertiary/aromatic N) is 1. The van der Waals surface area contributed by atoms with E-state index in [0.717, 1.165) is 46.1 Å². The van der Waals surface area contributed by atoms with Crippen molar-refractivity contribution in [3.8, 4) is 0 Å². The van der Waals surface area contributed by atoms with Gasteiger partial charge in [-0.25, -0.2) is 0 Å². The first kappa shape index (κ1) is 23.2. The van der Waals surface area contributed by atoms with Crippen LogP contribution in [0, 0.1) is 0 Å². The summed E-state index contributed by atoms with van der Waals surface area (Å²) in [5.74, 6) is -0.0337. The number of rotatable bonds is 7. The average molecular weight is 477 g/mol. The lowest BCUT2D eigenvalue weighted by Crippen LogP contribution is -2.21. The topological polar surface area (TPSA) is 32.3 Å². The zero-order chi connectivity index (χ0) is 24.2. The van der Waals surface area contributed by atoms with Gasteiger partial charge in [0.1, 0.15) is 0 Å². The van der Waals surface area contributed by atoms with Gasteiger partial charge in [0.05, 0.1) is 5.66 Å². The number of anilines is 1. The molecular weight excluding hydrogens is 447 g/mol. The minimum Gasteiger partial charge on any atom is -0.325 e. The van der Waals surface area contributed by atoms with E-state index in [9.17, 15) is 4.79 Å². The highest BCUT2D eigenvalue weighted by molar-refractivity contribution is 7.19. The van der Waals surface area contributed by atoms with Gasteiger partial charge in [0.25, 0.3) is 0 Å². The predicted molar refractivity (Wildman–Crippen MR) is 151 cm³/mol. The molecule has 5 aromatic carbocycles. The van der Waals surface area contributed by atoms with Gasteiger partial charge in [0, 0.05) is 18.8 Å². The largest absolute Gasteiger partial charge is 0.325 e. The van der Waals surface area contributed by atoms with E-state index in [1.165, 1.54) is 10.9 Å². The first-order valence-corrected chi connectivity index (χ1v) is 12.5. The molecule has 174 valence electrons. The number of hydrogen-bond donors (Lipinski definition) is 1. The fourth-order valence-electron chi connectivity index (χ4n) is 4.65. The van der Waals surface area contributed by atoms with Crippen LogP contribution in [0.1, 0.15) is 22.3 Å². The summed E-state index contributed by atoms with van der Waals surface area (Å²) in [5.41, 5.74) is 3.88. The molecule has 0 aliphatic rings. The predicted octanol–water partition coefficient (Wildman–Crippen LogP) is 7.18. The van der Waals surface area contributed by atoms with Gasteiger partial charge in [0.2, 0.25) is 5.91 Å². The van der Waals surface area contributed by atoms with Crippen LogP contribution in [0.15, 0.2) is 109 Å². The molecule has 5 aromatic rings. The minimum absolute atomic E-state index is 0.0337. The summed E-state index contributed by atoms with van der Waals surface area (Å²) in [6.07, 6.45) is 0. The van der Waals surface area contributed by atoms with Gasteiger partial charge in [0.15, 0.2) is 0 Å². The number of carbonyl (C=O) groups is 1. The van der Waals surface area contributed by atoms with Crippen LogP contribution in [0.4, 0.5) is 5.69 Å². The van der Waals surface area contributed by atoms with Crippen molar-refractivity contribution in [3.63, 3.8) is 0 Å². The summed E-state index contributed by atoms with van der Waals surface area (Å²) in [4.78, 5) is 15.8. The number of amides is 1. The van der Waals surface area contributed by atoms with Gasteiger partial charge in [-0.05, 0) is 57.4 Å². The number of carbonyl (C=O) groups excluding carboxylic acids is 1. The zero-order valence-corrected chi connectivity index (χ0v) is 21.0. The number of fused-ring (bicyclic) bond motifs is 2. The Bertz CT molecular complexity index is 1480. The van der Waals surface area contributed by atoms with Crippen molar-refractivity contribution >= 4 is 42.4 Å². The SMILES string of the molecule is CN(Cc1ccccc1)Cc1cc2ccccc2cc1NC(=O)C(P)c1cccc2ccccc12. The lowest BCUT2D eigenvalue weighted by Gasteiger charge is -2.21. The fourth-order valence-corrected chi connectivity index (χ4v) is 5.02. The molecule has 0 radical (unpaired) electrons. The van der Waals surface area contributed by atoms with Crippen LogP contribution in [0.5, 0.6) is 0 Å². The molecule has 0 fully saturated rings. The summed E-state index contributed by atoms with van der Waals surface area (Å²) >= 11 is 0. The zero-order valence-electron chi connectivity index (χ0n) is 19.8. The highest BCUT2D eigenvalue weighted by Crippen LogP contribution is 2.33. The van der Waals surface area contributed by atoms with Crippen molar-refractivity contribution < 1.29 is 4.79 Å². The quantitative estimate of drug-likeness (QED) is 0.252. The molecule has 2 unspecified atom stereocenters. The smallest absolute Gasteiger partial charge is 0.235 e. The van der Waals surface area contributed by atoms with Crippen molar-refractivity contribution in [1.82, 2.24) is 4.90 Å². The van der Waals surface area contributed by atoms with Crippen LogP contribution in [0.25, 0.3) is 21.5 Å². The van der Waals surface area contributed by atoms with Gasteiger partial charge >= 0.3 is 0 Å². The number of nitrogens with one attached hydrogen (secondary N) is 1. The Morgan fingerprint density at radius 2 is 1.40 bits per heavy atom. The van der Waals surface area contributed by atoms with Gasteiger partial charge in [-0.3, -0.25) is 9.69 Å². The standard InChI is InChI=1S/C31H29N2OP/c1-33(20-22-10-3-2-4-11-22)21-26-18-24-13-5-6-14-25(24)19-29(26)32-31(34)30(35)28-17-9-15-23-12-7-8-16-27(23)28/h2-19,30H,20-21,35H2,1H3,(H,32,34). The maximum Gasteiger partial charge on any atom is 0.235 e. The maximum absolute atomic E-state index is 13.5. The lowest BCUT2D eigenvalue weighted by atomic mass is 10.0. The minimum atomic E-state index is -0.359. The summed E-state index contributed by atoms with van der Waals surface area (Å²) in [7, 11) is 4.85. The van der Waals surface area contributed by atoms with Gasteiger partial charge in [-0.1, -0.05) is 97.1 Å². The van der Waals surface area contributed by atoms with Crippen molar-refractivity contribution in [3.05, 3.63) is 126 Å². The second-order valence-corrected chi connectivity index (χ2v) is 9.72. The normalized spacial score (nSPS) is 12.2. The Morgan fingerprint density at radius 1 is 0.771 bits per heavy atom. The molecule has 0 aromatic heterocycles. The summed E-state index contributed by atoms with van der Waals surface area (Å²) in [5, 5.41) is 7.77. The van der Waals surface area contributed by atoms with Gasteiger partial charge in [-0.15, -0.1) is 9.24 Å². The molecule has 0 aliphatic carbocycles. The molecule has 35 heavy (non-hydrogen) atoms.